The predicted octanol–water partition coefficient (Wildman–Crippen LogP) is 2.39. The molecule has 0 aliphatic rings. The fraction of sp³-hybridized carbons (Fsp3) is 0.429. The van der Waals surface area contributed by atoms with E-state index in [-0.39, 0.29) is 11.1 Å². The number of nitrogens with zero attached hydrogens (tertiary/aromatic N) is 2. The highest BCUT2D eigenvalue weighted by Crippen LogP contribution is 2.18. The van der Waals surface area contributed by atoms with Gasteiger partial charge in [0.05, 0.1) is 11.9 Å². The molecular weight excluding hydrogens is 167 g/mol. The minimum atomic E-state index is -0.585. The lowest BCUT2D eigenvalue weighted by Gasteiger charge is -2.04. The second kappa shape index (κ2) is 3.13. The molecule has 1 heterocycles. The second-order valence-corrected chi connectivity index (χ2v) is 2.88. The number of hydrogen-bond acceptors (Lipinski definition) is 2. The summed E-state index contributed by atoms with van der Waals surface area (Å²) in [7, 11) is 0. The Kier molecular flexibility index (Phi) is 2.39. The first-order valence-corrected chi connectivity index (χ1v) is 3.67. The third-order valence-electron chi connectivity index (χ3n) is 1.27. The van der Waals surface area contributed by atoms with Crippen LogP contribution in [-0.2, 0) is 0 Å². The molecule has 0 unspecified atom stereocenters. The summed E-state index contributed by atoms with van der Waals surface area (Å²) in [6.45, 7) is 3.77. The lowest BCUT2D eigenvalue weighted by atomic mass is 10.1. The molecule has 1 aromatic rings. The zero-order valence-electron chi connectivity index (χ0n) is 6.31. The molecule has 0 radical (unpaired) electrons. The van der Waals surface area contributed by atoms with E-state index in [0.29, 0.717) is 5.69 Å². The first-order valence-electron chi connectivity index (χ1n) is 3.29. The molecule has 0 atom stereocenters. The van der Waals surface area contributed by atoms with Crippen LogP contribution in [-0.4, -0.2) is 9.97 Å². The number of rotatable bonds is 1. The zero-order chi connectivity index (χ0) is 8.43. The summed E-state index contributed by atoms with van der Waals surface area (Å²) >= 11 is 5.65. The van der Waals surface area contributed by atoms with Gasteiger partial charge in [-0.15, -0.1) is 0 Å². The molecule has 0 fully saturated rings. The molecule has 11 heavy (non-hydrogen) atoms. The van der Waals surface area contributed by atoms with Crippen LogP contribution in [0.15, 0.2) is 6.20 Å². The van der Waals surface area contributed by atoms with Crippen LogP contribution in [0.2, 0.25) is 5.15 Å². The Morgan fingerprint density at radius 3 is 2.64 bits per heavy atom. The van der Waals surface area contributed by atoms with E-state index in [1.807, 2.05) is 13.8 Å². The Morgan fingerprint density at radius 1 is 1.55 bits per heavy atom. The highest BCUT2D eigenvalue weighted by Gasteiger charge is 2.08. The summed E-state index contributed by atoms with van der Waals surface area (Å²) in [5.74, 6) is -0.483. The topological polar surface area (TPSA) is 25.8 Å². The normalized spacial score (nSPS) is 10.6. The maximum Gasteiger partial charge on any atom is 0.231 e. The minimum Gasteiger partial charge on any atom is -0.238 e. The SMILES string of the molecule is CC(C)c1nc(F)cnc1Cl. The van der Waals surface area contributed by atoms with Crippen molar-refractivity contribution < 1.29 is 4.39 Å². The molecule has 1 aromatic heterocycles. The van der Waals surface area contributed by atoms with E-state index in [9.17, 15) is 4.39 Å². The van der Waals surface area contributed by atoms with Crippen LogP contribution in [0.5, 0.6) is 0 Å². The Morgan fingerprint density at radius 2 is 2.18 bits per heavy atom. The van der Waals surface area contributed by atoms with Crippen molar-refractivity contribution in [1.82, 2.24) is 9.97 Å². The first-order chi connectivity index (χ1) is 5.11. The molecule has 0 saturated heterocycles. The van der Waals surface area contributed by atoms with Gasteiger partial charge in [-0.25, -0.2) is 9.97 Å². The molecule has 0 spiro atoms. The fourth-order valence-electron chi connectivity index (χ4n) is 0.733. The Labute approximate surface area is 69.4 Å². The Bertz CT molecular complexity index is 263. The van der Waals surface area contributed by atoms with Crippen LogP contribution in [0.25, 0.3) is 0 Å². The van der Waals surface area contributed by atoms with Gasteiger partial charge < -0.3 is 0 Å². The fourth-order valence-corrected chi connectivity index (χ4v) is 1.04. The monoisotopic (exact) mass is 174 g/mol. The molecule has 0 aromatic carbocycles. The lowest BCUT2D eigenvalue weighted by molar-refractivity contribution is 0.563. The van der Waals surface area contributed by atoms with E-state index in [0.717, 1.165) is 6.20 Å². The second-order valence-electron chi connectivity index (χ2n) is 2.52. The summed E-state index contributed by atoms with van der Waals surface area (Å²) in [6, 6.07) is 0. The largest absolute Gasteiger partial charge is 0.238 e. The minimum absolute atomic E-state index is 0.102. The average Bonchev–Trinajstić information content (AvgIpc) is 1.94. The van der Waals surface area contributed by atoms with Gasteiger partial charge >= 0.3 is 0 Å². The quantitative estimate of drug-likeness (QED) is 0.654. The predicted molar refractivity (Wildman–Crippen MR) is 41.1 cm³/mol. The van der Waals surface area contributed by atoms with E-state index < -0.39 is 5.95 Å². The van der Waals surface area contributed by atoms with Gasteiger partial charge in [0.25, 0.3) is 0 Å². The van der Waals surface area contributed by atoms with Gasteiger partial charge in [-0.3, -0.25) is 0 Å². The van der Waals surface area contributed by atoms with Crippen LogP contribution in [0.1, 0.15) is 25.5 Å². The van der Waals surface area contributed by atoms with Crippen molar-refractivity contribution in [3.05, 3.63) is 23.0 Å². The summed E-state index contributed by atoms with van der Waals surface area (Å²) in [5.41, 5.74) is 0.506. The molecule has 4 heteroatoms. The van der Waals surface area contributed by atoms with Crippen molar-refractivity contribution in [3.8, 4) is 0 Å². The maximum atomic E-state index is 12.5. The number of halogens is 2. The highest BCUT2D eigenvalue weighted by atomic mass is 35.5. The van der Waals surface area contributed by atoms with Crippen molar-refractivity contribution in [1.29, 1.82) is 0 Å². The third kappa shape index (κ3) is 1.87. The summed E-state index contributed by atoms with van der Waals surface area (Å²) in [5, 5.41) is 0.279. The lowest BCUT2D eigenvalue weighted by Crippen LogP contribution is -1.98. The van der Waals surface area contributed by atoms with Crippen molar-refractivity contribution in [2.24, 2.45) is 0 Å². The third-order valence-corrected chi connectivity index (χ3v) is 1.56. The molecule has 0 bridgehead atoms. The zero-order valence-corrected chi connectivity index (χ0v) is 7.06. The number of aromatic nitrogens is 2. The van der Waals surface area contributed by atoms with Gasteiger partial charge in [0.15, 0.2) is 5.15 Å². The molecule has 0 amide bonds. The molecular formula is C7H8ClFN2. The molecule has 0 saturated carbocycles. The van der Waals surface area contributed by atoms with Crippen molar-refractivity contribution >= 4 is 11.6 Å². The Balaban J connectivity index is 3.13. The van der Waals surface area contributed by atoms with Crippen LogP contribution >= 0.6 is 11.6 Å². The van der Waals surface area contributed by atoms with E-state index in [1.165, 1.54) is 0 Å². The van der Waals surface area contributed by atoms with Crippen LogP contribution < -0.4 is 0 Å². The Hall–Kier alpha value is -0.700. The van der Waals surface area contributed by atoms with Gasteiger partial charge in [0.1, 0.15) is 0 Å². The van der Waals surface area contributed by atoms with Gasteiger partial charge in [0, 0.05) is 0 Å². The summed E-state index contributed by atoms with van der Waals surface area (Å²) in [4.78, 5) is 7.24. The highest BCUT2D eigenvalue weighted by molar-refractivity contribution is 6.30. The van der Waals surface area contributed by atoms with Crippen LogP contribution in [0, 0.1) is 5.95 Å². The van der Waals surface area contributed by atoms with E-state index in [4.69, 9.17) is 11.6 Å². The maximum absolute atomic E-state index is 12.5. The standard InChI is InChI=1S/C7H8ClFN2/c1-4(2)6-7(8)10-3-5(9)11-6/h3-4H,1-2H3. The van der Waals surface area contributed by atoms with Crippen molar-refractivity contribution in [3.63, 3.8) is 0 Å². The summed E-state index contributed by atoms with van der Waals surface area (Å²) < 4.78 is 12.5. The summed E-state index contributed by atoms with van der Waals surface area (Å²) in [6.07, 6.45) is 1.01. The van der Waals surface area contributed by atoms with Crippen LogP contribution in [0.3, 0.4) is 0 Å². The molecule has 0 N–H and O–H groups in total. The van der Waals surface area contributed by atoms with Gasteiger partial charge in [-0.05, 0) is 5.92 Å². The number of hydrogen-bond donors (Lipinski definition) is 0. The molecule has 0 aliphatic carbocycles. The van der Waals surface area contributed by atoms with Gasteiger partial charge in [-0.2, -0.15) is 4.39 Å². The molecule has 2 nitrogen and oxygen atoms in total. The molecule has 60 valence electrons. The first kappa shape index (κ1) is 8.40. The van der Waals surface area contributed by atoms with Crippen LogP contribution in [0.4, 0.5) is 4.39 Å². The van der Waals surface area contributed by atoms with Gasteiger partial charge in [-0.1, -0.05) is 25.4 Å². The van der Waals surface area contributed by atoms with Crippen molar-refractivity contribution in [2.75, 3.05) is 0 Å². The molecule has 0 aliphatic heterocycles. The van der Waals surface area contributed by atoms with E-state index in [2.05, 4.69) is 9.97 Å². The van der Waals surface area contributed by atoms with Crippen molar-refractivity contribution in [2.45, 2.75) is 19.8 Å². The average molecular weight is 175 g/mol. The smallest absolute Gasteiger partial charge is 0.231 e. The van der Waals surface area contributed by atoms with Gasteiger partial charge in [0.2, 0.25) is 5.95 Å². The molecule has 1 rings (SSSR count). The van der Waals surface area contributed by atoms with E-state index >= 15 is 0 Å². The van der Waals surface area contributed by atoms with E-state index in [1.54, 1.807) is 0 Å².